The SMILES string of the molecule is OCCCCCNCC1(O)CCCCC1. The molecule has 3 heteroatoms. The van der Waals surface area contributed by atoms with Crippen LogP contribution in [0.25, 0.3) is 0 Å². The summed E-state index contributed by atoms with van der Waals surface area (Å²) >= 11 is 0. The van der Waals surface area contributed by atoms with E-state index < -0.39 is 5.60 Å². The van der Waals surface area contributed by atoms with Crippen molar-refractivity contribution in [1.82, 2.24) is 5.32 Å². The Kier molecular flexibility index (Phi) is 6.22. The lowest BCUT2D eigenvalue weighted by Gasteiger charge is -2.32. The molecular formula is C12H25NO2. The van der Waals surface area contributed by atoms with E-state index in [4.69, 9.17) is 5.11 Å². The summed E-state index contributed by atoms with van der Waals surface area (Å²) in [4.78, 5) is 0. The van der Waals surface area contributed by atoms with Gasteiger partial charge >= 0.3 is 0 Å². The number of nitrogens with one attached hydrogen (secondary N) is 1. The first kappa shape index (κ1) is 12.9. The highest BCUT2D eigenvalue weighted by Crippen LogP contribution is 2.27. The van der Waals surface area contributed by atoms with Crippen molar-refractivity contribution in [3.8, 4) is 0 Å². The maximum absolute atomic E-state index is 10.2. The Labute approximate surface area is 92.9 Å². The predicted molar refractivity (Wildman–Crippen MR) is 61.8 cm³/mol. The zero-order valence-electron chi connectivity index (χ0n) is 9.67. The van der Waals surface area contributed by atoms with Crippen LogP contribution in [0, 0.1) is 0 Å². The van der Waals surface area contributed by atoms with Gasteiger partial charge in [0.05, 0.1) is 5.60 Å². The van der Waals surface area contributed by atoms with Crippen LogP contribution in [0.15, 0.2) is 0 Å². The number of hydrogen-bond acceptors (Lipinski definition) is 3. The van der Waals surface area contributed by atoms with E-state index in [0.717, 1.165) is 45.2 Å². The monoisotopic (exact) mass is 215 g/mol. The first-order chi connectivity index (χ1) is 7.27. The maximum Gasteiger partial charge on any atom is 0.0771 e. The topological polar surface area (TPSA) is 52.5 Å². The van der Waals surface area contributed by atoms with Gasteiger partial charge in [-0.15, -0.1) is 0 Å². The zero-order chi connectivity index (χ0) is 11.0. The molecule has 1 fully saturated rings. The Hall–Kier alpha value is -0.120. The number of hydrogen-bond donors (Lipinski definition) is 3. The molecular weight excluding hydrogens is 190 g/mol. The normalized spacial score (nSPS) is 20.4. The molecule has 3 N–H and O–H groups in total. The lowest BCUT2D eigenvalue weighted by Crippen LogP contribution is -2.42. The van der Waals surface area contributed by atoms with Crippen LogP contribution in [0.1, 0.15) is 51.4 Å². The van der Waals surface area contributed by atoms with Gasteiger partial charge < -0.3 is 15.5 Å². The molecule has 1 aliphatic rings. The van der Waals surface area contributed by atoms with Crippen molar-refractivity contribution in [1.29, 1.82) is 0 Å². The van der Waals surface area contributed by atoms with Crippen molar-refractivity contribution in [2.75, 3.05) is 19.7 Å². The average Bonchev–Trinajstić information content (AvgIpc) is 2.24. The molecule has 0 atom stereocenters. The van der Waals surface area contributed by atoms with E-state index in [9.17, 15) is 5.11 Å². The summed E-state index contributed by atoms with van der Waals surface area (Å²) in [6, 6.07) is 0. The fourth-order valence-corrected chi connectivity index (χ4v) is 2.25. The molecule has 15 heavy (non-hydrogen) atoms. The molecule has 0 aromatic heterocycles. The first-order valence-electron chi connectivity index (χ1n) is 6.31. The summed E-state index contributed by atoms with van der Waals surface area (Å²) in [5.74, 6) is 0. The molecule has 0 unspecified atom stereocenters. The predicted octanol–water partition coefficient (Wildman–Crippen LogP) is 1.43. The van der Waals surface area contributed by atoms with Crippen molar-refractivity contribution >= 4 is 0 Å². The van der Waals surface area contributed by atoms with Crippen molar-refractivity contribution in [2.24, 2.45) is 0 Å². The molecule has 90 valence electrons. The lowest BCUT2D eigenvalue weighted by molar-refractivity contribution is 0.00502. The Morgan fingerprint density at radius 2 is 1.73 bits per heavy atom. The third-order valence-corrected chi connectivity index (χ3v) is 3.25. The Morgan fingerprint density at radius 1 is 1.00 bits per heavy atom. The van der Waals surface area contributed by atoms with Gasteiger partial charge in [-0.3, -0.25) is 0 Å². The highest BCUT2D eigenvalue weighted by Gasteiger charge is 2.28. The van der Waals surface area contributed by atoms with E-state index in [-0.39, 0.29) is 0 Å². The second-order valence-electron chi connectivity index (χ2n) is 4.75. The van der Waals surface area contributed by atoms with Crippen LogP contribution in [0.4, 0.5) is 0 Å². The van der Waals surface area contributed by atoms with E-state index in [0.29, 0.717) is 6.61 Å². The molecule has 0 aromatic rings. The van der Waals surface area contributed by atoms with Gasteiger partial charge in [-0.1, -0.05) is 19.3 Å². The van der Waals surface area contributed by atoms with Crippen LogP contribution in [-0.2, 0) is 0 Å². The molecule has 0 bridgehead atoms. The first-order valence-corrected chi connectivity index (χ1v) is 6.31. The van der Waals surface area contributed by atoms with Crippen LogP contribution in [0.2, 0.25) is 0 Å². The average molecular weight is 215 g/mol. The molecule has 0 heterocycles. The van der Waals surface area contributed by atoms with Crippen molar-refractivity contribution in [2.45, 2.75) is 57.0 Å². The number of rotatable bonds is 7. The number of aliphatic hydroxyl groups excluding tert-OH is 1. The summed E-state index contributed by atoms with van der Waals surface area (Å²) in [6.07, 6.45) is 8.59. The van der Waals surface area contributed by atoms with Crippen LogP contribution >= 0.6 is 0 Å². The smallest absolute Gasteiger partial charge is 0.0771 e. The quantitative estimate of drug-likeness (QED) is 0.563. The minimum Gasteiger partial charge on any atom is -0.396 e. The van der Waals surface area contributed by atoms with Crippen LogP contribution < -0.4 is 5.32 Å². The standard InChI is InChI=1S/C12H25NO2/c14-10-6-2-5-9-13-11-12(15)7-3-1-4-8-12/h13-15H,1-11H2. The highest BCUT2D eigenvalue weighted by molar-refractivity contribution is 4.84. The van der Waals surface area contributed by atoms with E-state index >= 15 is 0 Å². The van der Waals surface area contributed by atoms with E-state index in [1.54, 1.807) is 0 Å². The minimum atomic E-state index is -0.435. The largest absolute Gasteiger partial charge is 0.396 e. The van der Waals surface area contributed by atoms with E-state index in [2.05, 4.69) is 5.32 Å². The molecule has 1 saturated carbocycles. The van der Waals surface area contributed by atoms with Gasteiger partial charge in [0.1, 0.15) is 0 Å². The lowest BCUT2D eigenvalue weighted by atomic mass is 9.85. The third kappa shape index (κ3) is 5.50. The molecule has 0 amide bonds. The Bertz CT molecular complexity index is 156. The van der Waals surface area contributed by atoms with E-state index in [1.165, 1.54) is 19.3 Å². The number of aliphatic hydroxyl groups is 2. The summed E-state index contributed by atoms with van der Waals surface area (Å²) in [6.45, 7) is 2.00. The Balaban J connectivity index is 1.98. The molecule has 3 nitrogen and oxygen atoms in total. The highest BCUT2D eigenvalue weighted by atomic mass is 16.3. The molecule has 1 rings (SSSR count). The third-order valence-electron chi connectivity index (χ3n) is 3.25. The molecule has 0 aromatic carbocycles. The van der Waals surface area contributed by atoms with Gasteiger partial charge in [-0.2, -0.15) is 0 Å². The second-order valence-corrected chi connectivity index (χ2v) is 4.75. The van der Waals surface area contributed by atoms with Gasteiger partial charge in [0.25, 0.3) is 0 Å². The van der Waals surface area contributed by atoms with Crippen molar-refractivity contribution in [3.63, 3.8) is 0 Å². The minimum absolute atomic E-state index is 0.296. The van der Waals surface area contributed by atoms with Crippen molar-refractivity contribution in [3.05, 3.63) is 0 Å². The fraction of sp³-hybridized carbons (Fsp3) is 1.00. The molecule has 0 radical (unpaired) electrons. The van der Waals surface area contributed by atoms with E-state index in [1.807, 2.05) is 0 Å². The van der Waals surface area contributed by atoms with Crippen LogP contribution in [0.3, 0.4) is 0 Å². The summed E-state index contributed by atoms with van der Waals surface area (Å²) in [7, 11) is 0. The van der Waals surface area contributed by atoms with Gasteiger partial charge in [0.15, 0.2) is 0 Å². The van der Waals surface area contributed by atoms with Crippen LogP contribution in [0.5, 0.6) is 0 Å². The van der Waals surface area contributed by atoms with Crippen molar-refractivity contribution < 1.29 is 10.2 Å². The molecule has 0 saturated heterocycles. The van der Waals surface area contributed by atoms with Gasteiger partial charge in [-0.25, -0.2) is 0 Å². The number of unbranched alkanes of at least 4 members (excludes halogenated alkanes) is 2. The Morgan fingerprint density at radius 3 is 2.40 bits per heavy atom. The second kappa shape index (κ2) is 7.20. The maximum atomic E-state index is 10.2. The molecule has 0 aliphatic heterocycles. The summed E-state index contributed by atoms with van der Waals surface area (Å²) < 4.78 is 0. The van der Waals surface area contributed by atoms with Crippen LogP contribution in [-0.4, -0.2) is 35.5 Å². The summed E-state index contributed by atoms with van der Waals surface area (Å²) in [5.41, 5.74) is -0.435. The molecule has 0 spiro atoms. The molecule has 1 aliphatic carbocycles. The zero-order valence-corrected chi connectivity index (χ0v) is 9.67. The van der Waals surface area contributed by atoms with Gasteiger partial charge in [0.2, 0.25) is 0 Å². The summed E-state index contributed by atoms with van der Waals surface area (Å²) in [5, 5.41) is 22.1. The van der Waals surface area contributed by atoms with Gasteiger partial charge in [-0.05, 0) is 38.6 Å². The van der Waals surface area contributed by atoms with Gasteiger partial charge in [0, 0.05) is 13.2 Å². The fourth-order valence-electron chi connectivity index (χ4n) is 2.25.